The molecule has 0 aromatic heterocycles. The van der Waals surface area contributed by atoms with E-state index in [-0.39, 0.29) is 38.1 Å². The molecule has 0 atom stereocenters. The van der Waals surface area contributed by atoms with E-state index in [1.165, 1.54) is 0 Å². The molecule has 1 fully saturated rings. The second kappa shape index (κ2) is 4.68. The first-order valence-corrected chi connectivity index (χ1v) is 5.00. The summed E-state index contributed by atoms with van der Waals surface area (Å²) in [5.41, 5.74) is -1.75. The molecule has 0 amide bonds. The van der Waals surface area contributed by atoms with Crippen molar-refractivity contribution in [2.45, 2.75) is 39.0 Å². The highest BCUT2D eigenvalue weighted by atomic mass is 19.3. The van der Waals surface area contributed by atoms with Crippen LogP contribution in [0.25, 0.3) is 0 Å². The number of hydrogen-bond donors (Lipinski definition) is 0. The van der Waals surface area contributed by atoms with Crippen LogP contribution in [-0.2, 0) is 14.3 Å². The summed E-state index contributed by atoms with van der Waals surface area (Å²) >= 11 is 0. The number of rotatable bonds is 3. The largest absolute Gasteiger partial charge is 0.465 e. The molecular weight excluding hydrogens is 206 g/mol. The van der Waals surface area contributed by atoms with Crippen LogP contribution in [0.1, 0.15) is 32.6 Å². The Labute approximate surface area is 86.8 Å². The monoisotopic (exact) mass is 220 g/mol. The number of hydrogen-bond acceptors (Lipinski definition) is 3. The van der Waals surface area contributed by atoms with Gasteiger partial charge in [0.15, 0.2) is 0 Å². The third-order valence-electron chi connectivity index (χ3n) is 2.80. The van der Waals surface area contributed by atoms with Gasteiger partial charge in [-0.25, -0.2) is 8.78 Å². The summed E-state index contributed by atoms with van der Waals surface area (Å²) in [6, 6.07) is 0. The lowest BCUT2D eigenvalue weighted by molar-refractivity contribution is -0.170. The molecule has 1 rings (SSSR count). The first-order chi connectivity index (χ1) is 7.03. The third-order valence-corrected chi connectivity index (χ3v) is 2.80. The van der Waals surface area contributed by atoms with Crippen LogP contribution in [-0.4, -0.2) is 24.8 Å². The van der Waals surface area contributed by atoms with E-state index in [0.717, 1.165) is 0 Å². The van der Waals surface area contributed by atoms with E-state index in [1.54, 1.807) is 6.92 Å². The van der Waals surface area contributed by atoms with Gasteiger partial charge in [-0.2, -0.15) is 0 Å². The predicted molar refractivity (Wildman–Crippen MR) is 48.5 cm³/mol. The van der Waals surface area contributed by atoms with Gasteiger partial charge in [0.2, 0.25) is 0 Å². The van der Waals surface area contributed by atoms with Gasteiger partial charge >= 0.3 is 5.97 Å². The Balaban J connectivity index is 2.79. The van der Waals surface area contributed by atoms with Crippen LogP contribution < -0.4 is 0 Å². The van der Waals surface area contributed by atoms with Gasteiger partial charge in [-0.1, -0.05) is 0 Å². The van der Waals surface area contributed by atoms with Gasteiger partial charge in [0, 0.05) is 12.8 Å². The van der Waals surface area contributed by atoms with E-state index in [2.05, 4.69) is 4.74 Å². The van der Waals surface area contributed by atoms with Gasteiger partial charge < -0.3 is 4.74 Å². The summed E-state index contributed by atoms with van der Waals surface area (Å²) < 4.78 is 30.4. The van der Waals surface area contributed by atoms with Crippen molar-refractivity contribution in [2.24, 2.45) is 5.41 Å². The van der Waals surface area contributed by atoms with E-state index in [1.807, 2.05) is 0 Å². The van der Waals surface area contributed by atoms with E-state index in [9.17, 15) is 18.4 Å². The van der Waals surface area contributed by atoms with Crippen LogP contribution in [0.2, 0.25) is 0 Å². The summed E-state index contributed by atoms with van der Waals surface area (Å²) in [6.07, 6.45) is -2.86. The van der Waals surface area contributed by atoms with Crippen LogP contribution in [0.5, 0.6) is 0 Å². The topological polar surface area (TPSA) is 43.4 Å². The Bertz CT molecular complexity index is 253. The molecule has 0 aliphatic heterocycles. The van der Waals surface area contributed by atoms with Crippen LogP contribution in [0, 0.1) is 5.41 Å². The third kappa shape index (κ3) is 2.33. The van der Waals surface area contributed by atoms with Gasteiger partial charge in [-0.15, -0.1) is 0 Å². The van der Waals surface area contributed by atoms with E-state index < -0.39 is 17.8 Å². The maximum atomic E-state index is 12.9. The van der Waals surface area contributed by atoms with Gasteiger partial charge in [0.05, 0.1) is 6.61 Å². The summed E-state index contributed by atoms with van der Waals surface area (Å²) in [5.74, 6) is -0.928. The van der Waals surface area contributed by atoms with Crippen LogP contribution >= 0.6 is 0 Å². The molecule has 0 aromatic rings. The molecular formula is C10H14F2O3. The minimum Gasteiger partial charge on any atom is -0.465 e. The molecule has 0 heterocycles. The zero-order valence-corrected chi connectivity index (χ0v) is 8.59. The van der Waals surface area contributed by atoms with E-state index in [0.29, 0.717) is 0 Å². The molecule has 0 N–H and O–H groups in total. The molecule has 0 aromatic carbocycles. The standard InChI is InChI=1S/C10H14F2O3/c1-2-15-9(14)10(8(11)12)5-3-7(13)4-6-10/h8H,2-6H2,1H3. The zero-order chi connectivity index (χ0) is 11.5. The molecule has 0 bridgehead atoms. The predicted octanol–water partition coefficient (Wildman–Crippen LogP) is 1.94. The molecule has 0 radical (unpaired) electrons. The van der Waals surface area contributed by atoms with Gasteiger partial charge in [0.25, 0.3) is 6.43 Å². The van der Waals surface area contributed by atoms with Crippen molar-refractivity contribution in [1.82, 2.24) is 0 Å². The summed E-state index contributed by atoms with van der Waals surface area (Å²) in [4.78, 5) is 22.4. The van der Waals surface area contributed by atoms with E-state index >= 15 is 0 Å². The molecule has 0 unspecified atom stereocenters. The van der Waals surface area contributed by atoms with Crippen molar-refractivity contribution in [3.05, 3.63) is 0 Å². The second-order valence-corrected chi connectivity index (χ2v) is 3.72. The number of halogens is 2. The molecule has 15 heavy (non-hydrogen) atoms. The van der Waals surface area contributed by atoms with Gasteiger partial charge in [-0.05, 0) is 19.8 Å². The molecule has 1 aliphatic rings. The van der Waals surface area contributed by atoms with Crippen LogP contribution in [0.3, 0.4) is 0 Å². The Hall–Kier alpha value is -1.00. The number of ether oxygens (including phenoxy) is 1. The Kier molecular flexibility index (Phi) is 3.77. The fraction of sp³-hybridized carbons (Fsp3) is 0.800. The first kappa shape index (κ1) is 12.1. The smallest absolute Gasteiger partial charge is 0.317 e. The van der Waals surface area contributed by atoms with Crippen molar-refractivity contribution in [3.63, 3.8) is 0 Å². The maximum absolute atomic E-state index is 12.9. The number of carbonyl (C=O) groups excluding carboxylic acids is 2. The van der Waals surface area contributed by atoms with Gasteiger partial charge in [0.1, 0.15) is 11.2 Å². The number of carbonyl (C=O) groups is 2. The number of ketones is 1. The molecule has 1 aliphatic carbocycles. The lowest BCUT2D eigenvalue weighted by Crippen LogP contribution is -2.43. The molecule has 0 saturated heterocycles. The number of esters is 1. The molecule has 5 heteroatoms. The lowest BCUT2D eigenvalue weighted by Gasteiger charge is -2.33. The average molecular weight is 220 g/mol. The minimum atomic E-state index is -2.76. The first-order valence-electron chi connectivity index (χ1n) is 5.00. The quantitative estimate of drug-likeness (QED) is 0.683. The Morgan fingerprint density at radius 3 is 2.40 bits per heavy atom. The lowest BCUT2D eigenvalue weighted by atomic mass is 9.74. The fourth-order valence-corrected chi connectivity index (χ4v) is 1.76. The van der Waals surface area contributed by atoms with Crippen molar-refractivity contribution >= 4 is 11.8 Å². The number of Topliss-reactive ketones (excluding diaryl/α,β-unsaturated/α-hetero) is 1. The normalized spacial score (nSPS) is 20.4. The SMILES string of the molecule is CCOC(=O)C1(C(F)F)CCC(=O)CC1. The molecule has 86 valence electrons. The highest BCUT2D eigenvalue weighted by Gasteiger charge is 2.50. The van der Waals surface area contributed by atoms with Crippen molar-refractivity contribution in [3.8, 4) is 0 Å². The summed E-state index contributed by atoms with van der Waals surface area (Å²) in [7, 11) is 0. The highest BCUT2D eigenvalue weighted by Crippen LogP contribution is 2.41. The van der Waals surface area contributed by atoms with Crippen molar-refractivity contribution in [1.29, 1.82) is 0 Å². The zero-order valence-electron chi connectivity index (χ0n) is 8.59. The van der Waals surface area contributed by atoms with Crippen LogP contribution in [0.4, 0.5) is 8.78 Å². The molecule has 0 spiro atoms. The van der Waals surface area contributed by atoms with Crippen LogP contribution in [0.15, 0.2) is 0 Å². The Morgan fingerprint density at radius 2 is 2.00 bits per heavy atom. The van der Waals surface area contributed by atoms with Crippen molar-refractivity contribution < 1.29 is 23.1 Å². The number of alkyl halides is 2. The minimum absolute atomic E-state index is 0.0448. The van der Waals surface area contributed by atoms with Gasteiger partial charge in [-0.3, -0.25) is 9.59 Å². The molecule has 1 saturated carbocycles. The highest BCUT2D eigenvalue weighted by molar-refractivity contribution is 5.84. The summed E-state index contributed by atoms with van der Waals surface area (Å²) in [5, 5.41) is 0. The second-order valence-electron chi connectivity index (χ2n) is 3.72. The Morgan fingerprint density at radius 1 is 1.47 bits per heavy atom. The maximum Gasteiger partial charge on any atom is 0.317 e. The molecule has 3 nitrogen and oxygen atoms in total. The fourth-order valence-electron chi connectivity index (χ4n) is 1.76. The average Bonchev–Trinajstić information content (AvgIpc) is 2.19. The van der Waals surface area contributed by atoms with E-state index in [4.69, 9.17) is 0 Å². The van der Waals surface area contributed by atoms with Crippen molar-refractivity contribution in [2.75, 3.05) is 6.61 Å². The summed E-state index contributed by atoms with van der Waals surface area (Å²) in [6.45, 7) is 1.66.